The molecular formula is C34H26O7. The molecule has 1 unspecified atom stereocenters. The molecule has 1 N–H and O–H groups in total. The number of benzene rings is 4. The minimum atomic E-state index is -0.425. The number of phenolic OH excluding ortho intramolecular Hbond substituents is 1. The van der Waals surface area contributed by atoms with Crippen molar-refractivity contribution in [2.75, 3.05) is 13.2 Å². The van der Waals surface area contributed by atoms with Crippen molar-refractivity contribution in [2.45, 2.75) is 25.2 Å². The number of hydrogen-bond acceptors (Lipinski definition) is 7. The summed E-state index contributed by atoms with van der Waals surface area (Å²) in [5.74, 6) is 1.32. The van der Waals surface area contributed by atoms with Crippen LogP contribution >= 0.6 is 0 Å². The van der Waals surface area contributed by atoms with Crippen LogP contribution in [0, 0.1) is 0 Å². The summed E-state index contributed by atoms with van der Waals surface area (Å²) in [6, 6.07) is 23.6. The predicted octanol–water partition coefficient (Wildman–Crippen LogP) is 6.16. The Hall–Kier alpha value is -5.04. The van der Waals surface area contributed by atoms with Gasteiger partial charge in [0.25, 0.3) is 0 Å². The molecule has 41 heavy (non-hydrogen) atoms. The van der Waals surface area contributed by atoms with Crippen LogP contribution in [0.2, 0.25) is 0 Å². The first kappa shape index (κ1) is 25.0. The highest BCUT2D eigenvalue weighted by Crippen LogP contribution is 2.45. The number of aromatic hydroxyl groups is 1. The number of rotatable bonds is 6. The lowest BCUT2D eigenvalue weighted by molar-refractivity contribution is -0.135. The van der Waals surface area contributed by atoms with Gasteiger partial charge in [0.2, 0.25) is 5.43 Å². The lowest BCUT2D eigenvalue weighted by Crippen LogP contribution is -2.22. The normalized spacial score (nSPS) is 15.6. The highest BCUT2D eigenvalue weighted by molar-refractivity contribution is 5.90. The second-order valence-corrected chi connectivity index (χ2v) is 10.3. The number of fused-ring (bicyclic) bond motifs is 4. The van der Waals surface area contributed by atoms with Crippen molar-refractivity contribution in [1.29, 1.82) is 0 Å². The molecule has 7 rings (SSSR count). The Morgan fingerprint density at radius 2 is 1.76 bits per heavy atom. The standard InChI is InChI=1S/C34H26O7/c35-23-8-6-21(7-9-23)27-19-40-34-25(33(27)37)10-12-30-32(34)26(18-31(36)41-30)24-3-1-2-4-29(24)39-15-13-20-5-11-28-22(17-20)14-16-38-28/h1-12,17,19,26,35H,13-16,18H2. The fraction of sp³-hybridized carbons (Fsp3) is 0.176. The largest absolute Gasteiger partial charge is 0.508 e. The number of esters is 1. The third kappa shape index (κ3) is 4.59. The van der Waals surface area contributed by atoms with Gasteiger partial charge in [-0.15, -0.1) is 0 Å². The number of phenols is 1. The van der Waals surface area contributed by atoms with E-state index in [1.165, 1.54) is 29.5 Å². The molecule has 1 aromatic heterocycles. The van der Waals surface area contributed by atoms with E-state index in [1.807, 2.05) is 30.3 Å². The van der Waals surface area contributed by atoms with Crippen LogP contribution in [-0.4, -0.2) is 24.3 Å². The summed E-state index contributed by atoms with van der Waals surface area (Å²) in [5, 5.41) is 10.0. The molecule has 3 heterocycles. The van der Waals surface area contributed by atoms with E-state index >= 15 is 0 Å². The Morgan fingerprint density at radius 1 is 0.927 bits per heavy atom. The van der Waals surface area contributed by atoms with Gasteiger partial charge in [0, 0.05) is 29.9 Å². The van der Waals surface area contributed by atoms with Crippen LogP contribution in [0.25, 0.3) is 22.1 Å². The molecule has 0 bridgehead atoms. The summed E-state index contributed by atoms with van der Waals surface area (Å²) in [7, 11) is 0. The highest BCUT2D eigenvalue weighted by Gasteiger charge is 2.33. The van der Waals surface area contributed by atoms with Gasteiger partial charge in [0.15, 0.2) is 0 Å². The van der Waals surface area contributed by atoms with Crippen molar-refractivity contribution in [2.24, 2.45) is 0 Å². The molecule has 0 spiro atoms. The van der Waals surface area contributed by atoms with Crippen LogP contribution in [0.3, 0.4) is 0 Å². The van der Waals surface area contributed by atoms with Gasteiger partial charge in [-0.05, 0) is 53.1 Å². The smallest absolute Gasteiger partial charge is 0.312 e. The first-order chi connectivity index (χ1) is 20.0. The zero-order chi connectivity index (χ0) is 27.9. The van der Waals surface area contributed by atoms with Gasteiger partial charge in [0.1, 0.15) is 34.8 Å². The summed E-state index contributed by atoms with van der Waals surface area (Å²) in [4.78, 5) is 26.3. The molecule has 2 aliphatic rings. The Labute approximate surface area is 235 Å². The molecule has 0 fully saturated rings. The summed E-state index contributed by atoms with van der Waals surface area (Å²) in [5.41, 5.74) is 5.05. The SMILES string of the molecule is O=C1CC(c2ccccc2OCCc2ccc3c(c2)CCO3)c2c(ccc3c(=O)c(-c4ccc(O)cc4)coc23)O1. The second-order valence-electron chi connectivity index (χ2n) is 10.3. The molecule has 5 aromatic rings. The number of carbonyl (C=O) groups is 1. The van der Waals surface area contributed by atoms with E-state index in [0.717, 1.165) is 30.8 Å². The zero-order valence-electron chi connectivity index (χ0n) is 22.1. The maximum absolute atomic E-state index is 13.6. The fourth-order valence-electron chi connectivity index (χ4n) is 5.74. The predicted molar refractivity (Wildman–Crippen MR) is 153 cm³/mol. The van der Waals surface area contributed by atoms with E-state index in [9.17, 15) is 14.7 Å². The molecule has 4 aromatic carbocycles. The first-order valence-corrected chi connectivity index (χ1v) is 13.6. The van der Waals surface area contributed by atoms with Gasteiger partial charge in [-0.2, -0.15) is 0 Å². The molecule has 0 saturated heterocycles. The maximum Gasteiger partial charge on any atom is 0.312 e. The third-order valence-corrected chi connectivity index (χ3v) is 7.76. The van der Waals surface area contributed by atoms with E-state index in [2.05, 4.69) is 12.1 Å². The molecule has 1 atom stereocenters. The summed E-state index contributed by atoms with van der Waals surface area (Å²) < 4.78 is 23.6. The van der Waals surface area contributed by atoms with Gasteiger partial charge in [-0.25, -0.2) is 0 Å². The minimum absolute atomic E-state index is 0.0841. The monoisotopic (exact) mass is 546 g/mol. The Morgan fingerprint density at radius 3 is 2.63 bits per heavy atom. The number of carbonyl (C=O) groups excluding carboxylic acids is 1. The number of para-hydroxylation sites is 1. The van der Waals surface area contributed by atoms with Crippen LogP contribution in [0.15, 0.2) is 94.3 Å². The van der Waals surface area contributed by atoms with Crippen LogP contribution in [0.5, 0.6) is 23.0 Å². The van der Waals surface area contributed by atoms with Crippen molar-refractivity contribution in [3.63, 3.8) is 0 Å². The first-order valence-electron chi connectivity index (χ1n) is 13.6. The number of hydrogen-bond donors (Lipinski definition) is 1. The highest BCUT2D eigenvalue weighted by atomic mass is 16.5. The van der Waals surface area contributed by atoms with E-state index in [1.54, 1.807) is 24.3 Å². The molecular weight excluding hydrogens is 520 g/mol. The Kier molecular flexibility index (Phi) is 6.19. The van der Waals surface area contributed by atoms with E-state index < -0.39 is 5.92 Å². The minimum Gasteiger partial charge on any atom is -0.508 e. The van der Waals surface area contributed by atoms with Gasteiger partial charge in [0.05, 0.1) is 30.6 Å². The van der Waals surface area contributed by atoms with E-state index in [-0.39, 0.29) is 23.6 Å². The van der Waals surface area contributed by atoms with Crippen molar-refractivity contribution >= 4 is 16.9 Å². The van der Waals surface area contributed by atoms with Gasteiger partial charge in [-0.1, -0.05) is 42.5 Å². The van der Waals surface area contributed by atoms with Crippen LogP contribution < -0.4 is 19.6 Å². The lowest BCUT2D eigenvalue weighted by atomic mass is 9.84. The van der Waals surface area contributed by atoms with Crippen molar-refractivity contribution in [3.05, 3.63) is 118 Å². The molecule has 7 nitrogen and oxygen atoms in total. The topological polar surface area (TPSA) is 95.2 Å². The summed E-state index contributed by atoms with van der Waals surface area (Å²) in [6.07, 6.45) is 3.16. The molecule has 7 heteroatoms. The average Bonchev–Trinajstić information content (AvgIpc) is 3.46. The zero-order valence-corrected chi connectivity index (χ0v) is 22.1. The van der Waals surface area contributed by atoms with Crippen LogP contribution in [-0.2, 0) is 17.6 Å². The fourth-order valence-corrected chi connectivity index (χ4v) is 5.74. The van der Waals surface area contributed by atoms with E-state index in [4.69, 9.17) is 18.6 Å². The molecule has 0 amide bonds. The van der Waals surface area contributed by atoms with Crippen molar-refractivity contribution in [1.82, 2.24) is 0 Å². The molecule has 0 aliphatic carbocycles. The Bertz CT molecular complexity index is 1850. The number of ether oxygens (including phenoxy) is 3. The van der Waals surface area contributed by atoms with Gasteiger partial charge in [-0.3, -0.25) is 9.59 Å². The molecule has 2 aliphatic heterocycles. The summed E-state index contributed by atoms with van der Waals surface area (Å²) >= 11 is 0. The Balaban J connectivity index is 1.23. The van der Waals surface area contributed by atoms with Gasteiger partial charge < -0.3 is 23.7 Å². The van der Waals surface area contributed by atoms with Gasteiger partial charge >= 0.3 is 5.97 Å². The van der Waals surface area contributed by atoms with E-state index in [0.29, 0.717) is 45.8 Å². The van der Waals surface area contributed by atoms with Crippen LogP contribution in [0.1, 0.15) is 34.6 Å². The summed E-state index contributed by atoms with van der Waals surface area (Å²) in [6.45, 7) is 1.18. The second kappa shape index (κ2) is 10.2. The van der Waals surface area contributed by atoms with Crippen molar-refractivity contribution in [3.8, 4) is 34.1 Å². The maximum atomic E-state index is 13.6. The molecule has 0 radical (unpaired) electrons. The molecule has 204 valence electrons. The van der Waals surface area contributed by atoms with Crippen LogP contribution in [0.4, 0.5) is 0 Å². The lowest BCUT2D eigenvalue weighted by Gasteiger charge is -2.27. The third-order valence-electron chi connectivity index (χ3n) is 7.76. The quantitative estimate of drug-likeness (QED) is 0.201. The van der Waals surface area contributed by atoms with Crippen molar-refractivity contribution < 1.29 is 28.5 Å². The average molecular weight is 547 g/mol. The molecule has 0 saturated carbocycles.